The Labute approximate surface area is 168 Å². The summed E-state index contributed by atoms with van der Waals surface area (Å²) in [6.07, 6.45) is 4.92. The van der Waals surface area contributed by atoms with Crippen LogP contribution in [0.25, 0.3) is 0 Å². The number of likely N-dealkylation sites (N-methyl/N-ethyl adjacent to an activating group) is 1. The van der Waals surface area contributed by atoms with E-state index in [4.69, 9.17) is 14.2 Å². The SMILES string of the molecule is CCN1[C@@H]2[C@]34C[C@H](OC)[C@H]5C[C@H]([C@@H]3[C@H]5OC)[C@]23[C@@H]([C@H](C)CC[C@@H]3OC)[C@@H]1C4=O. The summed E-state index contributed by atoms with van der Waals surface area (Å²) in [6, 6.07) is 0.395. The van der Waals surface area contributed by atoms with Crippen LogP contribution in [0.5, 0.6) is 0 Å². The number of carbonyl (C=O) groups is 1. The molecule has 0 aromatic heterocycles. The number of ether oxygens (including phenoxy) is 3. The van der Waals surface area contributed by atoms with Gasteiger partial charge in [-0.25, -0.2) is 0 Å². The predicted octanol–water partition coefficient (Wildman–Crippen LogP) is 2.38. The van der Waals surface area contributed by atoms with E-state index in [2.05, 4.69) is 18.7 Å². The number of hydrogen-bond donors (Lipinski definition) is 0. The van der Waals surface area contributed by atoms with Gasteiger partial charge in [0, 0.05) is 44.6 Å². The predicted molar refractivity (Wildman–Crippen MR) is 104 cm³/mol. The maximum absolute atomic E-state index is 14.2. The highest BCUT2D eigenvalue weighted by atomic mass is 16.5. The second-order valence-corrected chi connectivity index (χ2v) is 10.6. The number of fused-ring (bicyclic) bond motifs is 3. The molecular formula is C23H35NO4. The lowest BCUT2D eigenvalue weighted by molar-refractivity contribution is -0.166. The molecule has 0 amide bonds. The van der Waals surface area contributed by atoms with Crippen molar-refractivity contribution < 1.29 is 19.0 Å². The molecule has 12 atom stereocenters. The van der Waals surface area contributed by atoms with E-state index in [0.29, 0.717) is 41.4 Å². The first-order valence-corrected chi connectivity index (χ1v) is 11.4. The Kier molecular flexibility index (Phi) is 3.66. The van der Waals surface area contributed by atoms with E-state index in [-0.39, 0.29) is 35.2 Å². The number of methoxy groups -OCH3 is 3. The van der Waals surface area contributed by atoms with Crippen LogP contribution in [-0.2, 0) is 19.0 Å². The van der Waals surface area contributed by atoms with E-state index in [1.807, 2.05) is 21.3 Å². The average molecular weight is 390 g/mol. The number of nitrogens with zero attached hydrogens (tertiary/aromatic N) is 1. The molecule has 0 radical (unpaired) electrons. The van der Waals surface area contributed by atoms with E-state index < -0.39 is 0 Å². The number of hydrogen-bond acceptors (Lipinski definition) is 5. The highest BCUT2D eigenvalue weighted by molar-refractivity contribution is 5.97. The Morgan fingerprint density at radius 2 is 1.89 bits per heavy atom. The molecule has 6 rings (SSSR count). The van der Waals surface area contributed by atoms with Gasteiger partial charge in [-0.15, -0.1) is 0 Å². The molecule has 2 heterocycles. The zero-order valence-electron chi connectivity index (χ0n) is 17.9. The highest BCUT2D eigenvalue weighted by Crippen LogP contribution is 2.82. The van der Waals surface area contributed by atoms with E-state index in [1.54, 1.807) is 0 Å². The van der Waals surface area contributed by atoms with Gasteiger partial charge >= 0.3 is 0 Å². The van der Waals surface area contributed by atoms with Gasteiger partial charge in [-0.3, -0.25) is 9.69 Å². The van der Waals surface area contributed by atoms with E-state index in [9.17, 15) is 4.79 Å². The molecular weight excluding hydrogens is 354 g/mol. The molecule has 2 aliphatic heterocycles. The molecule has 4 aliphatic carbocycles. The summed E-state index contributed by atoms with van der Waals surface area (Å²) >= 11 is 0. The molecule has 156 valence electrons. The summed E-state index contributed by atoms with van der Waals surface area (Å²) in [5, 5.41) is 0. The fourth-order valence-electron chi connectivity index (χ4n) is 10.4. The number of rotatable bonds is 4. The molecule has 0 aromatic rings. The lowest BCUT2D eigenvalue weighted by atomic mass is 9.49. The van der Waals surface area contributed by atoms with Crippen LogP contribution in [-0.4, -0.2) is 69.0 Å². The molecule has 6 aliphatic rings. The van der Waals surface area contributed by atoms with Crippen LogP contribution in [0.1, 0.15) is 39.5 Å². The minimum Gasteiger partial charge on any atom is -0.381 e. The van der Waals surface area contributed by atoms with Gasteiger partial charge in [0.05, 0.1) is 29.8 Å². The molecule has 28 heavy (non-hydrogen) atoms. The monoisotopic (exact) mass is 389 g/mol. The first-order chi connectivity index (χ1) is 13.5. The van der Waals surface area contributed by atoms with Crippen molar-refractivity contribution in [1.29, 1.82) is 0 Å². The fraction of sp³-hybridized carbons (Fsp3) is 0.957. The van der Waals surface area contributed by atoms with Crippen LogP contribution in [0, 0.1) is 40.4 Å². The first kappa shape index (κ1) is 18.3. The highest BCUT2D eigenvalue weighted by Gasteiger charge is 2.90. The van der Waals surface area contributed by atoms with Crippen LogP contribution in [0.15, 0.2) is 0 Å². The third kappa shape index (κ3) is 1.55. The summed E-state index contributed by atoms with van der Waals surface area (Å²) in [4.78, 5) is 16.8. The molecule has 2 spiro atoms. The minimum absolute atomic E-state index is 0.0834. The number of Topliss-reactive ketones (excluding diaryl/α,β-unsaturated/α-hetero) is 1. The molecule has 2 saturated heterocycles. The summed E-state index contributed by atoms with van der Waals surface area (Å²) in [5.74, 6) is 2.86. The maximum atomic E-state index is 14.2. The van der Waals surface area contributed by atoms with Gasteiger partial charge in [-0.05, 0) is 50.0 Å². The molecule has 4 bridgehead atoms. The average Bonchev–Trinajstić information content (AvgIpc) is 3.31. The number of carbonyl (C=O) groups excluding carboxylic acids is 1. The topological polar surface area (TPSA) is 48.0 Å². The third-order valence-electron chi connectivity index (χ3n) is 10.6. The largest absolute Gasteiger partial charge is 0.381 e. The normalized spacial score (nSPS) is 61.2. The first-order valence-electron chi connectivity index (χ1n) is 11.4. The minimum atomic E-state index is -0.288. The Morgan fingerprint density at radius 1 is 1.11 bits per heavy atom. The van der Waals surface area contributed by atoms with Crippen molar-refractivity contribution in [2.45, 2.75) is 69.9 Å². The summed E-state index contributed by atoms with van der Waals surface area (Å²) in [5.41, 5.74) is -0.167. The van der Waals surface area contributed by atoms with Crippen LogP contribution in [0.3, 0.4) is 0 Å². The molecule has 0 aromatic carbocycles. The summed E-state index contributed by atoms with van der Waals surface area (Å²) in [7, 11) is 5.59. The van der Waals surface area contributed by atoms with Crippen molar-refractivity contribution in [2.75, 3.05) is 27.9 Å². The van der Waals surface area contributed by atoms with Gasteiger partial charge in [-0.2, -0.15) is 0 Å². The Balaban J connectivity index is 1.63. The van der Waals surface area contributed by atoms with Crippen LogP contribution in [0.4, 0.5) is 0 Å². The standard InChI is InChI=1S/C23H35NO4/c1-6-24-18-16-11(2)7-8-15(27-4)23(16)13-9-12-14(26-3)10-22(20(18)25,21(23)24)17(13)19(12)28-5/h11-19,21H,6-10H2,1-5H3/t11-,12-,13-,14+,15+,16+,17-,18-,19+,21-,22-,23+/m1/s1. The van der Waals surface area contributed by atoms with Crippen LogP contribution >= 0.6 is 0 Å². The fourth-order valence-corrected chi connectivity index (χ4v) is 10.4. The summed E-state index contributed by atoms with van der Waals surface area (Å²) in [6.45, 7) is 5.61. The molecule has 0 N–H and O–H groups in total. The second-order valence-electron chi connectivity index (χ2n) is 10.6. The van der Waals surface area contributed by atoms with Gasteiger partial charge in [-0.1, -0.05) is 13.8 Å². The van der Waals surface area contributed by atoms with Crippen molar-refractivity contribution in [2.24, 2.45) is 40.4 Å². The second kappa shape index (κ2) is 5.60. The van der Waals surface area contributed by atoms with Crippen molar-refractivity contribution >= 4 is 5.78 Å². The Bertz CT molecular complexity index is 713. The molecule has 6 fully saturated rings. The number of ketones is 1. The van der Waals surface area contributed by atoms with Crippen LogP contribution < -0.4 is 0 Å². The lowest BCUT2D eigenvalue weighted by Crippen LogP contribution is -2.63. The molecule has 5 heteroatoms. The Morgan fingerprint density at radius 3 is 2.54 bits per heavy atom. The van der Waals surface area contributed by atoms with E-state index >= 15 is 0 Å². The van der Waals surface area contributed by atoms with Crippen molar-refractivity contribution in [3.8, 4) is 0 Å². The van der Waals surface area contributed by atoms with Gasteiger partial charge in [0.1, 0.15) is 0 Å². The van der Waals surface area contributed by atoms with Crippen molar-refractivity contribution in [3.05, 3.63) is 0 Å². The quantitative estimate of drug-likeness (QED) is 0.739. The van der Waals surface area contributed by atoms with E-state index in [0.717, 1.165) is 25.8 Å². The van der Waals surface area contributed by atoms with Crippen LogP contribution in [0.2, 0.25) is 0 Å². The van der Waals surface area contributed by atoms with Gasteiger partial charge in [0.25, 0.3) is 0 Å². The van der Waals surface area contributed by atoms with Crippen molar-refractivity contribution in [3.63, 3.8) is 0 Å². The molecule has 5 nitrogen and oxygen atoms in total. The zero-order valence-corrected chi connectivity index (χ0v) is 17.9. The lowest BCUT2D eigenvalue weighted by Gasteiger charge is -2.56. The zero-order chi connectivity index (χ0) is 19.6. The van der Waals surface area contributed by atoms with E-state index in [1.165, 1.54) is 6.42 Å². The van der Waals surface area contributed by atoms with Gasteiger partial charge < -0.3 is 14.2 Å². The molecule has 0 unspecified atom stereocenters. The third-order valence-corrected chi connectivity index (χ3v) is 10.6. The van der Waals surface area contributed by atoms with Gasteiger partial charge in [0.15, 0.2) is 5.78 Å². The molecule has 4 saturated carbocycles. The van der Waals surface area contributed by atoms with Crippen molar-refractivity contribution in [1.82, 2.24) is 4.90 Å². The summed E-state index contributed by atoms with van der Waals surface area (Å²) < 4.78 is 18.4. The Hall–Kier alpha value is -0.490. The van der Waals surface area contributed by atoms with Gasteiger partial charge in [0.2, 0.25) is 0 Å². The maximum Gasteiger partial charge on any atom is 0.158 e. The smallest absolute Gasteiger partial charge is 0.158 e.